The smallest absolute Gasteiger partial charge is 0.0540 e. The lowest BCUT2D eigenvalue weighted by Gasteiger charge is -2.30. The van der Waals surface area contributed by atoms with Gasteiger partial charge < -0.3 is 10.2 Å². The Morgan fingerprint density at radius 1 is 1.53 bits per heavy atom. The second kappa shape index (κ2) is 4.94. The van der Waals surface area contributed by atoms with Gasteiger partial charge in [-0.2, -0.15) is 0 Å². The lowest BCUT2D eigenvalue weighted by atomic mass is 10.1. The van der Waals surface area contributed by atoms with Gasteiger partial charge in [0.05, 0.1) is 11.9 Å². The number of likely N-dealkylation sites (N-methyl/N-ethyl adjacent to an activating group) is 1. The van der Waals surface area contributed by atoms with Gasteiger partial charge in [-0.15, -0.1) is 0 Å². The SMILES string of the molecule is CN1CCC[C@H](Nc2cncc(Br)c2)C1. The van der Waals surface area contributed by atoms with Crippen LogP contribution in [0.25, 0.3) is 0 Å². The lowest BCUT2D eigenvalue weighted by molar-refractivity contribution is 0.261. The molecule has 1 atom stereocenters. The van der Waals surface area contributed by atoms with Crippen molar-refractivity contribution in [2.75, 3.05) is 25.5 Å². The summed E-state index contributed by atoms with van der Waals surface area (Å²) in [5, 5.41) is 3.52. The third-order valence-corrected chi connectivity index (χ3v) is 3.13. The summed E-state index contributed by atoms with van der Waals surface area (Å²) >= 11 is 3.43. The maximum atomic E-state index is 4.15. The van der Waals surface area contributed by atoms with Crippen molar-refractivity contribution in [2.24, 2.45) is 0 Å². The first-order valence-corrected chi connectivity index (χ1v) is 6.09. The van der Waals surface area contributed by atoms with E-state index in [4.69, 9.17) is 0 Å². The van der Waals surface area contributed by atoms with E-state index in [-0.39, 0.29) is 0 Å². The molecule has 3 nitrogen and oxygen atoms in total. The van der Waals surface area contributed by atoms with Crippen LogP contribution in [-0.2, 0) is 0 Å². The summed E-state index contributed by atoms with van der Waals surface area (Å²) in [4.78, 5) is 6.51. The fraction of sp³-hybridized carbons (Fsp3) is 0.545. The summed E-state index contributed by atoms with van der Waals surface area (Å²) in [5.74, 6) is 0. The standard InChI is InChI=1S/C11H16BrN3/c1-15-4-2-3-10(8-15)14-11-5-9(12)6-13-7-11/h5-7,10,14H,2-4,8H2,1H3/t10-/m0/s1. The van der Waals surface area contributed by atoms with Crippen LogP contribution >= 0.6 is 15.9 Å². The number of anilines is 1. The first-order valence-electron chi connectivity index (χ1n) is 5.29. The van der Waals surface area contributed by atoms with E-state index in [0.29, 0.717) is 6.04 Å². The van der Waals surface area contributed by atoms with E-state index in [1.807, 2.05) is 6.20 Å². The maximum absolute atomic E-state index is 4.15. The van der Waals surface area contributed by atoms with Crippen molar-refractivity contribution in [1.82, 2.24) is 9.88 Å². The van der Waals surface area contributed by atoms with Crippen LogP contribution in [-0.4, -0.2) is 36.1 Å². The van der Waals surface area contributed by atoms with Gasteiger partial charge in [0, 0.05) is 23.3 Å². The molecular weight excluding hydrogens is 254 g/mol. The Labute approximate surface area is 99.0 Å². The van der Waals surface area contributed by atoms with Crippen LogP contribution < -0.4 is 5.32 Å². The highest BCUT2D eigenvalue weighted by atomic mass is 79.9. The fourth-order valence-corrected chi connectivity index (χ4v) is 2.38. The van der Waals surface area contributed by atoms with Crippen LogP contribution in [0.4, 0.5) is 5.69 Å². The van der Waals surface area contributed by atoms with Crippen molar-refractivity contribution in [3.8, 4) is 0 Å². The summed E-state index contributed by atoms with van der Waals surface area (Å²) in [6.07, 6.45) is 6.20. The van der Waals surface area contributed by atoms with Crippen molar-refractivity contribution in [3.05, 3.63) is 22.9 Å². The van der Waals surface area contributed by atoms with Crippen LogP contribution in [0.15, 0.2) is 22.9 Å². The number of nitrogens with zero attached hydrogens (tertiary/aromatic N) is 2. The Hall–Kier alpha value is -0.610. The molecule has 1 aromatic heterocycles. The van der Waals surface area contributed by atoms with Gasteiger partial charge >= 0.3 is 0 Å². The van der Waals surface area contributed by atoms with Crippen molar-refractivity contribution < 1.29 is 0 Å². The zero-order chi connectivity index (χ0) is 10.7. The lowest BCUT2D eigenvalue weighted by Crippen LogP contribution is -2.39. The minimum Gasteiger partial charge on any atom is -0.380 e. The molecule has 0 radical (unpaired) electrons. The molecule has 0 spiro atoms. The number of hydrogen-bond acceptors (Lipinski definition) is 3. The molecule has 82 valence electrons. The maximum Gasteiger partial charge on any atom is 0.0540 e. The molecule has 4 heteroatoms. The minimum absolute atomic E-state index is 0.555. The Morgan fingerprint density at radius 2 is 2.40 bits per heavy atom. The highest BCUT2D eigenvalue weighted by Crippen LogP contribution is 2.17. The van der Waals surface area contributed by atoms with E-state index in [1.54, 1.807) is 6.20 Å². The second-order valence-corrected chi connectivity index (χ2v) is 5.05. The number of hydrogen-bond donors (Lipinski definition) is 1. The predicted molar refractivity (Wildman–Crippen MR) is 66.1 cm³/mol. The normalized spacial score (nSPS) is 22.7. The first-order chi connectivity index (χ1) is 7.24. The minimum atomic E-state index is 0.555. The third kappa shape index (κ3) is 3.18. The number of piperidine rings is 1. The zero-order valence-corrected chi connectivity index (χ0v) is 10.5. The number of pyridine rings is 1. The number of rotatable bonds is 2. The number of likely N-dealkylation sites (tertiary alicyclic amines) is 1. The molecule has 15 heavy (non-hydrogen) atoms. The molecule has 1 fully saturated rings. The molecule has 1 N–H and O–H groups in total. The van der Waals surface area contributed by atoms with Crippen LogP contribution in [0, 0.1) is 0 Å². The molecule has 0 aliphatic carbocycles. The van der Waals surface area contributed by atoms with Crippen molar-refractivity contribution in [1.29, 1.82) is 0 Å². The van der Waals surface area contributed by atoms with Crippen molar-refractivity contribution >= 4 is 21.6 Å². The quantitative estimate of drug-likeness (QED) is 0.894. The Kier molecular flexibility index (Phi) is 3.59. The average molecular weight is 270 g/mol. The molecule has 1 aromatic rings. The number of nitrogens with one attached hydrogen (secondary N) is 1. The molecule has 1 aliphatic heterocycles. The molecule has 0 amide bonds. The van der Waals surface area contributed by atoms with Gasteiger partial charge in [0.15, 0.2) is 0 Å². The topological polar surface area (TPSA) is 28.2 Å². The molecule has 1 saturated heterocycles. The summed E-state index contributed by atoms with van der Waals surface area (Å²) in [6, 6.07) is 2.63. The first kappa shape index (κ1) is 10.9. The van der Waals surface area contributed by atoms with Crippen LogP contribution in [0.2, 0.25) is 0 Å². The number of halogens is 1. The van der Waals surface area contributed by atoms with Gasteiger partial charge in [-0.3, -0.25) is 4.98 Å². The highest BCUT2D eigenvalue weighted by Gasteiger charge is 2.16. The highest BCUT2D eigenvalue weighted by molar-refractivity contribution is 9.10. The average Bonchev–Trinajstić information content (AvgIpc) is 2.17. The Morgan fingerprint density at radius 3 is 3.13 bits per heavy atom. The molecule has 2 rings (SSSR count). The summed E-state index contributed by atoms with van der Waals surface area (Å²) in [6.45, 7) is 2.33. The monoisotopic (exact) mass is 269 g/mol. The van der Waals surface area contributed by atoms with Crippen LogP contribution in [0.1, 0.15) is 12.8 Å². The molecule has 0 saturated carbocycles. The van der Waals surface area contributed by atoms with Gasteiger partial charge in [0.2, 0.25) is 0 Å². The molecule has 1 aliphatic rings. The van der Waals surface area contributed by atoms with E-state index < -0.39 is 0 Å². The zero-order valence-electron chi connectivity index (χ0n) is 8.91. The summed E-state index contributed by atoms with van der Waals surface area (Å²) in [5.41, 5.74) is 1.10. The number of aromatic nitrogens is 1. The molecule has 0 bridgehead atoms. The molecule has 0 unspecified atom stereocenters. The van der Waals surface area contributed by atoms with E-state index >= 15 is 0 Å². The van der Waals surface area contributed by atoms with Gasteiger partial charge in [0.25, 0.3) is 0 Å². The second-order valence-electron chi connectivity index (χ2n) is 4.14. The van der Waals surface area contributed by atoms with Crippen molar-refractivity contribution in [3.63, 3.8) is 0 Å². The molecule has 0 aromatic carbocycles. The third-order valence-electron chi connectivity index (χ3n) is 2.70. The van der Waals surface area contributed by atoms with Gasteiger partial charge in [0.1, 0.15) is 0 Å². The van der Waals surface area contributed by atoms with E-state index in [9.17, 15) is 0 Å². The molecule has 2 heterocycles. The van der Waals surface area contributed by atoms with E-state index in [0.717, 1.165) is 16.7 Å². The largest absolute Gasteiger partial charge is 0.380 e. The van der Waals surface area contributed by atoms with Crippen LogP contribution in [0.5, 0.6) is 0 Å². The fourth-order valence-electron chi connectivity index (χ4n) is 2.01. The van der Waals surface area contributed by atoms with Gasteiger partial charge in [-0.05, 0) is 48.4 Å². The van der Waals surface area contributed by atoms with Gasteiger partial charge in [-0.1, -0.05) is 0 Å². The Bertz CT molecular complexity index is 329. The Balaban J connectivity index is 1.96. The van der Waals surface area contributed by atoms with E-state index in [1.165, 1.54) is 19.4 Å². The van der Waals surface area contributed by atoms with Crippen LogP contribution in [0.3, 0.4) is 0 Å². The van der Waals surface area contributed by atoms with E-state index in [2.05, 4.69) is 44.2 Å². The predicted octanol–water partition coefficient (Wildman–Crippen LogP) is 2.35. The summed E-state index contributed by atoms with van der Waals surface area (Å²) < 4.78 is 1.02. The summed E-state index contributed by atoms with van der Waals surface area (Å²) in [7, 11) is 2.17. The van der Waals surface area contributed by atoms with Crippen molar-refractivity contribution in [2.45, 2.75) is 18.9 Å². The molecular formula is C11H16BrN3. The van der Waals surface area contributed by atoms with Gasteiger partial charge in [-0.25, -0.2) is 0 Å².